The second-order valence-corrected chi connectivity index (χ2v) is 4.29. The van der Waals surface area contributed by atoms with E-state index >= 15 is 0 Å². The lowest BCUT2D eigenvalue weighted by Gasteiger charge is -2.12. The van der Waals surface area contributed by atoms with Crippen molar-refractivity contribution in [3.05, 3.63) is 27.8 Å². The van der Waals surface area contributed by atoms with Crippen molar-refractivity contribution in [1.82, 2.24) is 5.43 Å². The van der Waals surface area contributed by atoms with Crippen LogP contribution in [-0.4, -0.2) is 31.4 Å². The molecule has 0 amide bonds. The molecule has 0 saturated carbocycles. The number of benzene rings is 1. The highest BCUT2D eigenvalue weighted by molar-refractivity contribution is 5.85. The standard InChI is InChI=1S/C14H21N3O4/c1-4-6-20-13-9-14(21-7-5-2)12(17(18)19)8-11(13)10-16-15-3/h8-10,15H,4-7H2,1-3H3. The number of hydrogen-bond donors (Lipinski definition) is 1. The third-order valence-corrected chi connectivity index (χ3v) is 2.54. The normalized spacial score (nSPS) is 10.6. The highest BCUT2D eigenvalue weighted by atomic mass is 16.6. The summed E-state index contributed by atoms with van der Waals surface area (Å²) in [6, 6.07) is 2.97. The van der Waals surface area contributed by atoms with E-state index < -0.39 is 4.92 Å². The van der Waals surface area contributed by atoms with E-state index in [2.05, 4.69) is 10.5 Å². The molecule has 0 saturated heterocycles. The summed E-state index contributed by atoms with van der Waals surface area (Å²) in [6.45, 7) is 4.86. The van der Waals surface area contributed by atoms with Crippen LogP contribution in [-0.2, 0) is 0 Å². The van der Waals surface area contributed by atoms with Gasteiger partial charge in [-0.2, -0.15) is 5.10 Å². The molecular formula is C14H21N3O4. The lowest BCUT2D eigenvalue weighted by Crippen LogP contribution is -2.05. The van der Waals surface area contributed by atoms with Gasteiger partial charge < -0.3 is 14.9 Å². The maximum Gasteiger partial charge on any atom is 0.311 e. The van der Waals surface area contributed by atoms with E-state index in [0.29, 0.717) is 24.5 Å². The fraction of sp³-hybridized carbons (Fsp3) is 0.500. The molecule has 21 heavy (non-hydrogen) atoms. The monoisotopic (exact) mass is 295 g/mol. The number of nitro benzene ring substituents is 1. The van der Waals surface area contributed by atoms with Crippen LogP contribution in [0, 0.1) is 10.1 Å². The van der Waals surface area contributed by atoms with Gasteiger partial charge in [-0.1, -0.05) is 13.8 Å². The van der Waals surface area contributed by atoms with Gasteiger partial charge in [0.25, 0.3) is 0 Å². The highest BCUT2D eigenvalue weighted by Gasteiger charge is 2.19. The van der Waals surface area contributed by atoms with Gasteiger partial charge >= 0.3 is 5.69 Å². The Balaban J connectivity index is 3.23. The van der Waals surface area contributed by atoms with Gasteiger partial charge in [-0.25, -0.2) is 0 Å². The zero-order valence-electron chi connectivity index (χ0n) is 12.6. The summed E-state index contributed by atoms with van der Waals surface area (Å²) in [5, 5.41) is 15.0. The summed E-state index contributed by atoms with van der Waals surface area (Å²) in [5.74, 6) is 0.738. The largest absolute Gasteiger partial charge is 0.493 e. The summed E-state index contributed by atoms with van der Waals surface area (Å²) in [4.78, 5) is 10.7. The van der Waals surface area contributed by atoms with Crippen molar-refractivity contribution in [2.24, 2.45) is 5.10 Å². The van der Waals surface area contributed by atoms with Gasteiger partial charge in [0.15, 0.2) is 0 Å². The van der Waals surface area contributed by atoms with Crippen molar-refractivity contribution in [2.75, 3.05) is 20.3 Å². The van der Waals surface area contributed by atoms with Crippen LogP contribution in [0.25, 0.3) is 0 Å². The first kappa shape index (κ1) is 16.7. The fourth-order valence-corrected chi connectivity index (χ4v) is 1.61. The molecule has 0 aromatic heterocycles. The van der Waals surface area contributed by atoms with E-state index in [-0.39, 0.29) is 11.4 Å². The molecule has 0 aliphatic heterocycles. The summed E-state index contributed by atoms with van der Waals surface area (Å²) in [5.41, 5.74) is 3.05. The summed E-state index contributed by atoms with van der Waals surface area (Å²) in [6.07, 6.45) is 3.09. The molecule has 0 bridgehead atoms. The van der Waals surface area contributed by atoms with E-state index in [4.69, 9.17) is 9.47 Å². The number of nitro groups is 1. The molecule has 0 unspecified atom stereocenters. The molecule has 7 heteroatoms. The van der Waals surface area contributed by atoms with E-state index in [1.807, 2.05) is 13.8 Å². The number of hydrazone groups is 1. The van der Waals surface area contributed by atoms with E-state index in [1.54, 1.807) is 13.1 Å². The first-order valence-corrected chi connectivity index (χ1v) is 6.91. The van der Waals surface area contributed by atoms with Crippen LogP contribution in [0.5, 0.6) is 11.5 Å². The van der Waals surface area contributed by atoms with Crippen molar-refractivity contribution in [2.45, 2.75) is 26.7 Å². The number of ether oxygens (including phenoxy) is 2. The van der Waals surface area contributed by atoms with Crippen molar-refractivity contribution in [1.29, 1.82) is 0 Å². The number of hydrogen-bond acceptors (Lipinski definition) is 6. The first-order valence-electron chi connectivity index (χ1n) is 6.91. The predicted octanol–water partition coefficient (Wildman–Crippen LogP) is 2.73. The molecule has 1 aromatic rings. The lowest BCUT2D eigenvalue weighted by molar-refractivity contribution is -0.385. The topological polar surface area (TPSA) is 86.0 Å². The van der Waals surface area contributed by atoms with Gasteiger partial charge in [0.05, 0.1) is 24.4 Å². The van der Waals surface area contributed by atoms with Crippen LogP contribution in [0.15, 0.2) is 17.2 Å². The van der Waals surface area contributed by atoms with Crippen molar-refractivity contribution in [3.8, 4) is 11.5 Å². The van der Waals surface area contributed by atoms with Gasteiger partial charge in [0.1, 0.15) is 5.75 Å². The smallest absolute Gasteiger partial charge is 0.311 e. The second kappa shape index (κ2) is 8.78. The Morgan fingerprint density at radius 1 is 1.24 bits per heavy atom. The third kappa shape index (κ3) is 4.94. The molecule has 116 valence electrons. The average molecular weight is 295 g/mol. The molecule has 1 N–H and O–H groups in total. The third-order valence-electron chi connectivity index (χ3n) is 2.54. The van der Waals surface area contributed by atoms with Gasteiger partial charge in [0, 0.05) is 24.7 Å². The molecule has 0 spiro atoms. The molecular weight excluding hydrogens is 274 g/mol. The Kier molecular flexibility index (Phi) is 7.00. The molecule has 1 rings (SSSR count). The molecule has 0 radical (unpaired) electrons. The van der Waals surface area contributed by atoms with Crippen LogP contribution in [0.1, 0.15) is 32.3 Å². The minimum atomic E-state index is -0.467. The van der Waals surface area contributed by atoms with Gasteiger partial charge in [-0.15, -0.1) is 0 Å². The zero-order chi connectivity index (χ0) is 15.7. The van der Waals surface area contributed by atoms with E-state index in [1.165, 1.54) is 12.3 Å². The maximum atomic E-state index is 11.2. The number of nitrogens with zero attached hydrogens (tertiary/aromatic N) is 2. The van der Waals surface area contributed by atoms with Crippen LogP contribution < -0.4 is 14.9 Å². The summed E-state index contributed by atoms with van der Waals surface area (Å²) < 4.78 is 11.1. The van der Waals surface area contributed by atoms with Crippen LogP contribution in [0.2, 0.25) is 0 Å². The number of rotatable bonds is 9. The Bertz CT molecular complexity index is 503. The molecule has 7 nitrogen and oxygen atoms in total. The summed E-state index contributed by atoms with van der Waals surface area (Å²) in [7, 11) is 1.65. The SMILES string of the molecule is CCCOc1cc(OCCC)c([N+](=O)[O-])cc1C=NNC. The Hall–Kier alpha value is -2.31. The van der Waals surface area contributed by atoms with Crippen molar-refractivity contribution in [3.63, 3.8) is 0 Å². The zero-order valence-corrected chi connectivity index (χ0v) is 12.6. The van der Waals surface area contributed by atoms with Crippen molar-refractivity contribution < 1.29 is 14.4 Å². The van der Waals surface area contributed by atoms with Gasteiger partial charge in [-0.05, 0) is 12.8 Å². The van der Waals surface area contributed by atoms with Gasteiger partial charge in [0.2, 0.25) is 5.75 Å². The minimum Gasteiger partial charge on any atom is -0.493 e. The maximum absolute atomic E-state index is 11.2. The quantitative estimate of drug-likeness (QED) is 0.430. The molecule has 0 heterocycles. The Labute approximate surface area is 124 Å². The fourth-order valence-electron chi connectivity index (χ4n) is 1.61. The van der Waals surface area contributed by atoms with Crippen molar-refractivity contribution >= 4 is 11.9 Å². The molecule has 1 aromatic carbocycles. The Morgan fingerprint density at radius 2 is 1.86 bits per heavy atom. The van der Waals surface area contributed by atoms with Crippen LogP contribution in [0.3, 0.4) is 0 Å². The Morgan fingerprint density at radius 3 is 2.38 bits per heavy atom. The molecule has 0 fully saturated rings. The highest BCUT2D eigenvalue weighted by Crippen LogP contribution is 2.34. The predicted molar refractivity (Wildman–Crippen MR) is 81.3 cm³/mol. The first-order chi connectivity index (χ1) is 10.1. The molecule has 0 aliphatic rings. The van der Waals surface area contributed by atoms with E-state index in [0.717, 1.165) is 12.8 Å². The lowest BCUT2D eigenvalue weighted by atomic mass is 10.1. The van der Waals surface area contributed by atoms with Gasteiger partial charge in [-0.3, -0.25) is 10.1 Å². The second-order valence-electron chi connectivity index (χ2n) is 4.29. The molecule has 0 aliphatic carbocycles. The molecule has 0 atom stereocenters. The average Bonchev–Trinajstić information content (AvgIpc) is 2.48. The van der Waals surface area contributed by atoms with Crippen LogP contribution in [0.4, 0.5) is 5.69 Å². The minimum absolute atomic E-state index is 0.0927. The number of nitrogens with one attached hydrogen (secondary N) is 1. The summed E-state index contributed by atoms with van der Waals surface area (Å²) >= 11 is 0. The van der Waals surface area contributed by atoms with Crippen LogP contribution >= 0.6 is 0 Å². The van der Waals surface area contributed by atoms with E-state index in [9.17, 15) is 10.1 Å².